The first kappa shape index (κ1) is 15.2. The van der Waals surface area contributed by atoms with E-state index in [0.29, 0.717) is 18.5 Å². The maximum atomic E-state index is 11.9. The molecule has 0 heterocycles. The fourth-order valence-electron chi connectivity index (χ4n) is 2.76. The number of rotatable bonds is 4. The molecule has 1 saturated carbocycles. The molecule has 1 aliphatic carbocycles. The highest BCUT2D eigenvalue weighted by atomic mass is 35.5. The van der Waals surface area contributed by atoms with Crippen LogP contribution >= 0.6 is 11.6 Å². The zero-order valence-corrected chi connectivity index (χ0v) is 12.7. The molecule has 4 heteroatoms. The normalized spacial score (nSPS) is 22.3. The highest BCUT2D eigenvalue weighted by Gasteiger charge is 2.22. The molecule has 0 spiro atoms. The zero-order chi connectivity index (χ0) is 14.4. The molecule has 0 unspecified atom stereocenters. The van der Waals surface area contributed by atoms with E-state index in [0.717, 1.165) is 23.4 Å². The third-order valence-electron chi connectivity index (χ3n) is 4.02. The number of halogens is 1. The minimum Gasteiger partial charge on any atom is -0.338 e. The number of nitrogens with one attached hydrogen (secondary N) is 2. The Morgan fingerprint density at radius 3 is 2.90 bits per heavy atom. The van der Waals surface area contributed by atoms with Crippen LogP contribution in [0, 0.1) is 5.92 Å². The van der Waals surface area contributed by atoms with Crippen LogP contribution in [0.2, 0.25) is 5.02 Å². The fraction of sp³-hybridized carbons (Fsp3) is 0.562. The van der Waals surface area contributed by atoms with E-state index in [1.807, 2.05) is 24.3 Å². The standard InChI is InChI=1S/C16H23ClN2O/c1-12-5-2-3-8-15(12)19-16(20)18-10-9-13-6-4-7-14(17)11-13/h4,6-7,11-12,15H,2-3,5,8-10H2,1H3,(H2,18,19,20)/t12-,15-/m1/s1. The molecule has 1 aliphatic rings. The van der Waals surface area contributed by atoms with Crippen LogP contribution in [0.5, 0.6) is 0 Å². The second-order valence-electron chi connectivity index (χ2n) is 5.65. The van der Waals surface area contributed by atoms with E-state index in [1.54, 1.807) is 0 Å². The van der Waals surface area contributed by atoms with Crippen LogP contribution in [0.4, 0.5) is 4.79 Å². The maximum Gasteiger partial charge on any atom is 0.315 e. The van der Waals surface area contributed by atoms with Crippen LogP contribution in [-0.2, 0) is 6.42 Å². The molecular weight excluding hydrogens is 272 g/mol. The summed E-state index contributed by atoms with van der Waals surface area (Å²) in [7, 11) is 0. The summed E-state index contributed by atoms with van der Waals surface area (Å²) in [5.41, 5.74) is 1.14. The lowest BCUT2D eigenvalue weighted by Crippen LogP contribution is -2.46. The predicted molar refractivity (Wildman–Crippen MR) is 83.1 cm³/mol. The molecule has 110 valence electrons. The highest BCUT2D eigenvalue weighted by Crippen LogP contribution is 2.23. The summed E-state index contributed by atoms with van der Waals surface area (Å²) in [6.45, 7) is 2.85. The zero-order valence-electron chi connectivity index (χ0n) is 12.0. The van der Waals surface area contributed by atoms with Gasteiger partial charge in [0.15, 0.2) is 0 Å². The number of carbonyl (C=O) groups is 1. The van der Waals surface area contributed by atoms with Crippen LogP contribution in [-0.4, -0.2) is 18.6 Å². The lowest BCUT2D eigenvalue weighted by molar-refractivity contribution is 0.222. The first-order valence-electron chi connectivity index (χ1n) is 7.44. The van der Waals surface area contributed by atoms with Gasteiger partial charge in [0.1, 0.15) is 0 Å². The molecule has 2 amide bonds. The molecule has 2 N–H and O–H groups in total. The van der Waals surface area contributed by atoms with E-state index in [4.69, 9.17) is 11.6 Å². The van der Waals surface area contributed by atoms with Crippen molar-refractivity contribution in [2.24, 2.45) is 5.92 Å². The number of hydrogen-bond donors (Lipinski definition) is 2. The SMILES string of the molecule is C[C@@H]1CCCC[C@H]1NC(=O)NCCc1cccc(Cl)c1. The Balaban J connectivity index is 1.70. The smallest absolute Gasteiger partial charge is 0.315 e. The Hall–Kier alpha value is -1.22. The van der Waals surface area contributed by atoms with Crippen molar-refractivity contribution in [1.29, 1.82) is 0 Å². The number of benzene rings is 1. The molecule has 0 aromatic heterocycles. The van der Waals surface area contributed by atoms with Gasteiger partial charge in [-0.3, -0.25) is 0 Å². The van der Waals surface area contributed by atoms with Crippen molar-refractivity contribution in [2.45, 2.75) is 45.1 Å². The lowest BCUT2D eigenvalue weighted by Gasteiger charge is -2.29. The average molecular weight is 295 g/mol. The van der Waals surface area contributed by atoms with Crippen LogP contribution < -0.4 is 10.6 Å². The van der Waals surface area contributed by atoms with Gasteiger partial charge in [0, 0.05) is 17.6 Å². The van der Waals surface area contributed by atoms with Gasteiger partial charge in [-0.1, -0.05) is 43.5 Å². The number of carbonyl (C=O) groups excluding carboxylic acids is 1. The van der Waals surface area contributed by atoms with Crippen LogP contribution in [0.3, 0.4) is 0 Å². The van der Waals surface area contributed by atoms with Crippen LogP contribution in [0.25, 0.3) is 0 Å². The van der Waals surface area contributed by atoms with E-state index in [-0.39, 0.29) is 6.03 Å². The van der Waals surface area contributed by atoms with Crippen LogP contribution in [0.15, 0.2) is 24.3 Å². The van der Waals surface area contributed by atoms with Crippen LogP contribution in [0.1, 0.15) is 38.2 Å². The molecular formula is C16H23ClN2O. The largest absolute Gasteiger partial charge is 0.338 e. The van der Waals surface area contributed by atoms with Gasteiger partial charge >= 0.3 is 6.03 Å². The van der Waals surface area contributed by atoms with Gasteiger partial charge < -0.3 is 10.6 Å². The van der Waals surface area contributed by atoms with Crippen molar-refractivity contribution < 1.29 is 4.79 Å². The average Bonchev–Trinajstić information content (AvgIpc) is 2.41. The molecule has 2 atom stereocenters. The topological polar surface area (TPSA) is 41.1 Å². The van der Waals surface area contributed by atoms with Gasteiger partial charge in [-0.15, -0.1) is 0 Å². The quantitative estimate of drug-likeness (QED) is 0.872. The molecule has 0 radical (unpaired) electrons. The van der Waals surface area contributed by atoms with E-state index < -0.39 is 0 Å². The Morgan fingerprint density at radius 2 is 2.15 bits per heavy atom. The van der Waals surface area contributed by atoms with Gasteiger partial charge in [0.2, 0.25) is 0 Å². The van der Waals surface area contributed by atoms with Gasteiger partial charge in [-0.2, -0.15) is 0 Å². The molecule has 0 aliphatic heterocycles. The lowest BCUT2D eigenvalue weighted by atomic mass is 9.86. The van der Waals surface area contributed by atoms with E-state index >= 15 is 0 Å². The first-order valence-corrected chi connectivity index (χ1v) is 7.82. The third-order valence-corrected chi connectivity index (χ3v) is 4.25. The maximum absolute atomic E-state index is 11.9. The molecule has 1 fully saturated rings. The summed E-state index contributed by atoms with van der Waals surface area (Å²) in [4.78, 5) is 11.9. The van der Waals surface area contributed by atoms with E-state index in [2.05, 4.69) is 17.6 Å². The molecule has 3 nitrogen and oxygen atoms in total. The molecule has 2 rings (SSSR count). The monoisotopic (exact) mass is 294 g/mol. The van der Waals surface area contributed by atoms with Gasteiger partial charge in [-0.05, 0) is 42.9 Å². The third kappa shape index (κ3) is 4.71. The summed E-state index contributed by atoms with van der Waals surface area (Å²) >= 11 is 5.93. The number of amides is 2. The van der Waals surface area contributed by atoms with Crippen molar-refractivity contribution in [3.63, 3.8) is 0 Å². The Labute approximate surface area is 126 Å². The minimum atomic E-state index is -0.0502. The second kappa shape index (κ2) is 7.53. The minimum absolute atomic E-state index is 0.0502. The number of urea groups is 1. The van der Waals surface area contributed by atoms with Gasteiger partial charge in [0.05, 0.1) is 0 Å². The summed E-state index contributed by atoms with van der Waals surface area (Å²) in [5, 5.41) is 6.75. The van der Waals surface area contributed by atoms with E-state index in [9.17, 15) is 4.79 Å². The number of hydrogen-bond acceptors (Lipinski definition) is 1. The van der Waals surface area contributed by atoms with Gasteiger partial charge in [0.25, 0.3) is 0 Å². The molecule has 20 heavy (non-hydrogen) atoms. The summed E-state index contributed by atoms with van der Waals surface area (Å²) in [6.07, 6.45) is 5.62. The van der Waals surface area contributed by atoms with Gasteiger partial charge in [-0.25, -0.2) is 4.79 Å². The van der Waals surface area contributed by atoms with Crippen molar-refractivity contribution in [3.05, 3.63) is 34.9 Å². The Kier molecular flexibility index (Phi) is 5.72. The Bertz CT molecular complexity index is 450. The molecule has 1 aromatic carbocycles. The molecule has 0 saturated heterocycles. The van der Waals surface area contributed by atoms with E-state index in [1.165, 1.54) is 19.3 Å². The summed E-state index contributed by atoms with van der Waals surface area (Å²) in [5.74, 6) is 0.586. The van der Waals surface area contributed by atoms with Crippen molar-refractivity contribution in [1.82, 2.24) is 10.6 Å². The fourth-order valence-corrected chi connectivity index (χ4v) is 2.98. The second-order valence-corrected chi connectivity index (χ2v) is 6.08. The Morgan fingerprint density at radius 1 is 1.35 bits per heavy atom. The molecule has 1 aromatic rings. The molecule has 0 bridgehead atoms. The predicted octanol–water partition coefficient (Wildman–Crippen LogP) is 3.76. The van der Waals surface area contributed by atoms with Crippen molar-refractivity contribution >= 4 is 17.6 Å². The van der Waals surface area contributed by atoms with Crippen molar-refractivity contribution in [2.75, 3.05) is 6.54 Å². The first-order chi connectivity index (χ1) is 9.65. The van der Waals surface area contributed by atoms with Crippen molar-refractivity contribution in [3.8, 4) is 0 Å². The summed E-state index contributed by atoms with van der Waals surface area (Å²) < 4.78 is 0. The summed E-state index contributed by atoms with van der Waals surface area (Å²) in [6, 6.07) is 8.02. The highest BCUT2D eigenvalue weighted by molar-refractivity contribution is 6.30.